The summed E-state index contributed by atoms with van der Waals surface area (Å²) in [5.74, 6) is 0.786. The molecule has 0 saturated carbocycles. The van der Waals surface area contributed by atoms with Crippen LogP contribution in [0.2, 0.25) is 10.0 Å². The number of benzene rings is 2. The summed E-state index contributed by atoms with van der Waals surface area (Å²) in [7, 11) is 0. The Bertz CT molecular complexity index is 922. The van der Waals surface area contributed by atoms with E-state index in [0.717, 1.165) is 22.6 Å². The van der Waals surface area contributed by atoms with E-state index in [0.29, 0.717) is 22.3 Å². The van der Waals surface area contributed by atoms with Crippen LogP contribution in [-0.4, -0.2) is 18.2 Å². The Morgan fingerprint density at radius 2 is 1.89 bits per heavy atom. The molecule has 0 fully saturated rings. The SMILES string of the molecule is CCOc1ccc2c(c1)C(C)=CC(C)(C)N2C(=O)Nc1ccc(Cl)c(Cl)c1. The lowest BCUT2D eigenvalue weighted by molar-refractivity contribution is 0.253. The van der Waals surface area contributed by atoms with Gasteiger partial charge in [0.15, 0.2) is 0 Å². The van der Waals surface area contributed by atoms with E-state index in [1.165, 1.54) is 0 Å². The molecule has 0 aromatic heterocycles. The molecule has 27 heavy (non-hydrogen) atoms. The molecule has 0 aliphatic carbocycles. The van der Waals surface area contributed by atoms with Crippen LogP contribution in [0.4, 0.5) is 16.2 Å². The van der Waals surface area contributed by atoms with Gasteiger partial charge in [0, 0.05) is 11.3 Å². The van der Waals surface area contributed by atoms with Gasteiger partial charge in [-0.1, -0.05) is 29.3 Å². The number of ether oxygens (including phenoxy) is 1. The van der Waals surface area contributed by atoms with Crippen molar-refractivity contribution in [2.75, 3.05) is 16.8 Å². The van der Waals surface area contributed by atoms with E-state index in [4.69, 9.17) is 27.9 Å². The standard InChI is InChI=1S/C21H22Cl2N2O2/c1-5-27-15-7-9-19-16(11-15)13(2)12-21(3,4)25(19)20(26)24-14-6-8-17(22)18(23)10-14/h6-12H,5H2,1-4H3,(H,24,26). The molecule has 0 saturated heterocycles. The molecule has 1 heterocycles. The Morgan fingerprint density at radius 1 is 1.15 bits per heavy atom. The normalized spacial score (nSPS) is 15.0. The van der Waals surface area contributed by atoms with Gasteiger partial charge in [0.05, 0.1) is 27.9 Å². The molecule has 2 amide bonds. The molecule has 3 rings (SSSR count). The average molecular weight is 405 g/mol. The van der Waals surface area contributed by atoms with Crippen molar-refractivity contribution in [3.8, 4) is 5.75 Å². The third kappa shape index (κ3) is 3.92. The summed E-state index contributed by atoms with van der Waals surface area (Å²) in [5.41, 5.74) is 3.01. The minimum atomic E-state index is -0.496. The Labute approximate surface area is 169 Å². The number of nitrogens with zero attached hydrogens (tertiary/aromatic N) is 1. The van der Waals surface area contributed by atoms with Gasteiger partial charge < -0.3 is 10.1 Å². The van der Waals surface area contributed by atoms with Crippen LogP contribution in [0.1, 0.15) is 33.3 Å². The molecule has 1 N–H and O–H groups in total. The lowest BCUT2D eigenvalue weighted by Gasteiger charge is -2.41. The van der Waals surface area contributed by atoms with Crippen molar-refractivity contribution in [2.24, 2.45) is 0 Å². The number of allylic oxidation sites excluding steroid dienone is 1. The second-order valence-electron chi connectivity index (χ2n) is 6.99. The molecular formula is C21H22Cl2N2O2. The molecule has 0 bridgehead atoms. The first kappa shape index (κ1) is 19.6. The smallest absolute Gasteiger partial charge is 0.327 e. The topological polar surface area (TPSA) is 41.6 Å². The second kappa shape index (κ2) is 7.45. The summed E-state index contributed by atoms with van der Waals surface area (Å²) in [4.78, 5) is 14.9. The molecule has 142 valence electrons. The zero-order chi connectivity index (χ0) is 19.8. The first-order chi connectivity index (χ1) is 12.7. The van der Waals surface area contributed by atoms with E-state index in [2.05, 4.69) is 11.4 Å². The van der Waals surface area contributed by atoms with Crippen LogP contribution in [0.3, 0.4) is 0 Å². The van der Waals surface area contributed by atoms with E-state index in [9.17, 15) is 4.79 Å². The molecule has 0 spiro atoms. The third-order valence-corrected chi connectivity index (χ3v) is 5.20. The monoisotopic (exact) mass is 404 g/mol. The number of carbonyl (C=O) groups excluding carboxylic acids is 1. The van der Waals surface area contributed by atoms with Crippen molar-refractivity contribution in [1.82, 2.24) is 0 Å². The highest BCUT2D eigenvalue weighted by Crippen LogP contribution is 2.41. The molecule has 0 atom stereocenters. The Hall–Kier alpha value is -2.17. The number of carbonyl (C=O) groups is 1. The van der Waals surface area contributed by atoms with Crippen LogP contribution in [-0.2, 0) is 0 Å². The van der Waals surface area contributed by atoms with Gasteiger partial charge >= 0.3 is 6.03 Å². The van der Waals surface area contributed by atoms with Gasteiger partial charge in [-0.15, -0.1) is 0 Å². The van der Waals surface area contributed by atoms with E-state index < -0.39 is 5.54 Å². The van der Waals surface area contributed by atoms with Crippen LogP contribution < -0.4 is 15.0 Å². The maximum atomic E-state index is 13.1. The lowest BCUT2D eigenvalue weighted by Crippen LogP contribution is -2.50. The minimum Gasteiger partial charge on any atom is -0.494 e. The number of fused-ring (bicyclic) bond motifs is 1. The summed E-state index contributed by atoms with van der Waals surface area (Å²) in [5, 5.41) is 3.75. The number of anilines is 2. The first-order valence-electron chi connectivity index (χ1n) is 8.76. The molecule has 2 aromatic carbocycles. The van der Waals surface area contributed by atoms with Gasteiger partial charge in [0.25, 0.3) is 0 Å². The fraction of sp³-hybridized carbons (Fsp3) is 0.286. The van der Waals surface area contributed by atoms with Gasteiger partial charge in [-0.05, 0) is 69.7 Å². The molecule has 4 nitrogen and oxygen atoms in total. The minimum absolute atomic E-state index is 0.243. The fourth-order valence-electron chi connectivity index (χ4n) is 3.39. The summed E-state index contributed by atoms with van der Waals surface area (Å²) < 4.78 is 5.61. The quantitative estimate of drug-likeness (QED) is 0.623. The maximum Gasteiger partial charge on any atom is 0.327 e. The highest BCUT2D eigenvalue weighted by molar-refractivity contribution is 6.42. The van der Waals surface area contributed by atoms with Crippen molar-refractivity contribution < 1.29 is 9.53 Å². The molecule has 1 aliphatic rings. The number of urea groups is 1. The van der Waals surface area contributed by atoms with Crippen LogP contribution in [0, 0.1) is 0 Å². The number of halogens is 2. The van der Waals surface area contributed by atoms with Crippen molar-refractivity contribution in [1.29, 1.82) is 0 Å². The fourth-order valence-corrected chi connectivity index (χ4v) is 3.69. The Morgan fingerprint density at radius 3 is 2.56 bits per heavy atom. The van der Waals surface area contributed by atoms with E-state index in [1.54, 1.807) is 23.1 Å². The molecule has 0 unspecified atom stereocenters. The van der Waals surface area contributed by atoms with Crippen LogP contribution >= 0.6 is 23.2 Å². The van der Waals surface area contributed by atoms with Gasteiger partial charge in [0.1, 0.15) is 5.75 Å². The molecule has 2 aromatic rings. The summed E-state index contributed by atoms with van der Waals surface area (Å²) >= 11 is 12.0. The maximum absolute atomic E-state index is 13.1. The van der Waals surface area contributed by atoms with Crippen LogP contribution in [0.15, 0.2) is 42.5 Å². The summed E-state index contributed by atoms with van der Waals surface area (Å²) in [6, 6.07) is 10.6. The van der Waals surface area contributed by atoms with Crippen LogP contribution in [0.5, 0.6) is 5.75 Å². The Balaban J connectivity index is 1.98. The summed E-state index contributed by atoms with van der Waals surface area (Å²) in [6.45, 7) is 8.59. The molecule has 1 aliphatic heterocycles. The largest absolute Gasteiger partial charge is 0.494 e. The molecular weight excluding hydrogens is 383 g/mol. The lowest BCUT2D eigenvalue weighted by atomic mass is 9.89. The predicted molar refractivity (Wildman–Crippen MR) is 113 cm³/mol. The van der Waals surface area contributed by atoms with E-state index in [-0.39, 0.29) is 6.03 Å². The predicted octanol–water partition coefficient (Wildman–Crippen LogP) is 6.63. The zero-order valence-electron chi connectivity index (χ0n) is 15.8. The van der Waals surface area contributed by atoms with Gasteiger partial charge in [-0.25, -0.2) is 4.79 Å². The number of hydrogen-bond donors (Lipinski definition) is 1. The number of hydrogen-bond acceptors (Lipinski definition) is 2. The number of nitrogens with one attached hydrogen (secondary N) is 1. The number of rotatable bonds is 3. The zero-order valence-corrected chi connectivity index (χ0v) is 17.3. The van der Waals surface area contributed by atoms with Crippen molar-refractivity contribution in [3.05, 3.63) is 58.1 Å². The number of amides is 2. The van der Waals surface area contributed by atoms with Crippen LogP contribution in [0.25, 0.3) is 5.57 Å². The summed E-state index contributed by atoms with van der Waals surface area (Å²) in [6.07, 6.45) is 2.08. The van der Waals surface area contributed by atoms with Crippen molar-refractivity contribution in [2.45, 2.75) is 33.2 Å². The second-order valence-corrected chi connectivity index (χ2v) is 7.80. The van der Waals surface area contributed by atoms with Gasteiger partial charge in [-0.2, -0.15) is 0 Å². The highest BCUT2D eigenvalue weighted by atomic mass is 35.5. The molecule has 0 radical (unpaired) electrons. The first-order valence-corrected chi connectivity index (χ1v) is 9.51. The Kier molecular flexibility index (Phi) is 5.41. The highest BCUT2D eigenvalue weighted by Gasteiger charge is 2.36. The third-order valence-electron chi connectivity index (χ3n) is 4.46. The molecule has 6 heteroatoms. The average Bonchev–Trinajstić information content (AvgIpc) is 2.58. The van der Waals surface area contributed by atoms with E-state index in [1.807, 2.05) is 45.9 Å². The van der Waals surface area contributed by atoms with E-state index >= 15 is 0 Å². The van der Waals surface area contributed by atoms with Crippen molar-refractivity contribution >= 4 is 46.2 Å². The van der Waals surface area contributed by atoms with Gasteiger partial charge in [0.2, 0.25) is 0 Å². The van der Waals surface area contributed by atoms with Gasteiger partial charge in [-0.3, -0.25) is 4.90 Å². The van der Waals surface area contributed by atoms with Crippen molar-refractivity contribution in [3.63, 3.8) is 0 Å².